The lowest BCUT2D eigenvalue weighted by Crippen LogP contribution is -2.03. The van der Waals surface area contributed by atoms with Gasteiger partial charge in [-0.05, 0) is 49.6 Å². The number of benzene rings is 2. The molecular formula is C24H30N2O. The molecule has 1 aromatic heterocycles. The first kappa shape index (κ1) is 19.2. The molecule has 1 N–H and O–H groups in total. The second-order valence-corrected chi connectivity index (χ2v) is 7.05. The SMILES string of the molecule is Cc1ccccc1OCCCCCCCCNc1ccc2ccccc2n1. The summed E-state index contributed by atoms with van der Waals surface area (Å²) >= 11 is 0. The number of ether oxygens (including phenoxy) is 1. The maximum Gasteiger partial charge on any atom is 0.126 e. The van der Waals surface area contributed by atoms with E-state index in [2.05, 4.69) is 47.6 Å². The van der Waals surface area contributed by atoms with E-state index in [-0.39, 0.29) is 0 Å². The van der Waals surface area contributed by atoms with Crippen molar-refractivity contribution in [2.24, 2.45) is 0 Å². The second kappa shape index (κ2) is 10.6. The van der Waals surface area contributed by atoms with Gasteiger partial charge in [0.25, 0.3) is 0 Å². The van der Waals surface area contributed by atoms with Gasteiger partial charge in [0.05, 0.1) is 12.1 Å². The van der Waals surface area contributed by atoms with Crippen molar-refractivity contribution >= 4 is 16.7 Å². The van der Waals surface area contributed by atoms with E-state index < -0.39 is 0 Å². The summed E-state index contributed by atoms with van der Waals surface area (Å²) in [5, 5.41) is 4.63. The highest BCUT2D eigenvalue weighted by atomic mass is 16.5. The van der Waals surface area contributed by atoms with Gasteiger partial charge in [-0.1, -0.05) is 62.1 Å². The van der Waals surface area contributed by atoms with Crippen LogP contribution in [0, 0.1) is 6.92 Å². The lowest BCUT2D eigenvalue weighted by atomic mass is 10.1. The lowest BCUT2D eigenvalue weighted by Gasteiger charge is -2.09. The van der Waals surface area contributed by atoms with E-state index in [1.165, 1.54) is 43.1 Å². The number of aromatic nitrogens is 1. The Hall–Kier alpha value is -2.55. The normalized spacial score (nSPS) is 10.9. The van der Waals surface area contributed by atoms with E-state index in [1.54, 1.807) is 0 Å². The van der Waals surface area contributed by atoms with Gasteiger partial charge in [0.1, 0.15) is 11.6 Å². The summed E-state index contributed by atoms with van der Waals surface area (Å²) < 4.78 is 5.84. The van der Waals surface area contributed by atoms with Crippen LogP contribution in [0.25, 0.3) is 10.9 Å². The Bertz CT molecular complexity index is 831. The number of pyridine rings is 1. The molecule has 3 aromatic rings. The van der Waals surface area contributed by atoms with Crippen molar-refractivity contribution in [3.8, 4) is 5.75 Å². The van der Waals surface area contributed by atoms with Crippen LogP contribution in [0.2, 0.25) is 0 Å². The first-order chi connectivity index (χ1) is 13.3. The average Bonchev–Trinajstić information content (AvgIpc) is 2.70. The molecule has 0 aliphatic carbocycles. The lowest BCUT2D eigenvalue weighted by molar-refractivity contribution is 0.302. The topological polar surface area (TPSA) is 34.1 Å². The number of hydrogen-bond donors (Lipinski definition) is 1. The zero-order valence-corrected chi connectivity index (χ0v) is 16.3. The minimum Gasteiger partial charge on any atom is -0.493 e. The Labute approximate surface area is 162 Å². The fraction of sp³-hybridized carbons (Fsp3) is 0.375. The van der Waals surface area contributed by atoms with Gasteiger partial charge in [0, 0.05) is 11.9 Å². The molecule has 0 aliphatic rings. The Morgan fingerprint density at radius 2 is 1.52 bits per heavy atom. The third-order valence-electron chi connectivity index (χ3n) is 4.83. The van der Waals surface area contributed by atoms with Gasteiger partial charge in [-0.2, -0.15) is 0 Å². The van der Waals surface area contributed by atoms with Crippen LogP contribution < -0.4 is 10.1 Å². The summed E-state index contributed by atoms with van der Waals surface area (Å²) in [4.78, 5) is 4.65. The second-order valence-electron chi connectivity index (χ2n) is 7.05. The van der Waals surface area contributed by atoms with Crippen molar-refractivity contribution in [3.05, 3.63) is 66.2 Å². The number of anilines is 1. The summed E-state index contributed by atoms with van der Waals surface area (Å²) in [6.45, 7) is 3.90. The number of unbranched alkanes of at least 4 members (excludes halogenated alkanes) is 5. The van der Waals surface area contributed by atoms with Crippen molar-refractivity contribution in [2.45, 2.75) is 45.4 Å². The first-order valence-corrected chi connectivity index (χ1v) is 10.1. The van der Waals surface area contributed by atoms with E-state index in [1.807, 2.05) is 30.3 Å². The standard InChI is InChI=1S/C24H30N2O/c1-20-12-6-9-15-23(20)27-19-11-5-3-2-4-10-18-25-24-17-16-21-13-7-8-14-22(21)26-24/h6-9,12-17H,2-5,10-11,18-19H2,1H3,(H,25,26). The quantitative estimate of drug-likeness (QED) is 0.402. The maximum absolute atomic E-state index is 5.84. The number of nitrogens with one attached hydrogen (secondary N) is 1. The molecule has 0 unspecified atom stereocenters. The van der Waals surface area contributed by atoms with Crippen LogP contribution in [0.4, 0.5) is 5.82 Å². The molecule has 2 aromatic carbocycles. The highest BCUT2D eigenvalue weighted by Gasteiger charge is 1.99. The molecule has 0 saturated carbocycles. The van der Waals surface area contributed by atoms with Crippen molar-refractivity contribution in [1.29, 1.82) is 0 Å². The highest BCUT2D eigenvalue weighted by molar-refractivity contribution is 5.79. The molecule has 0 bridgehead atoms. The monoisotopic (exact) mass is 362 g/mol. The molecule has 0 amide bonds. The number of hydrogen-bond acceptors (Lipinski definition) is 3. The third kappa shape index (κ3) is 6.28. The molecule has 1 heterocycles. The van der Waals surface area contributed by atoms with Crippen molar-refractivity contribution in [2.75, 3.05) is 18.5 Å². The van der Waals surface area contributed by atoms with E-state index in [0.29, 0.717) is 0 Å². The molecule has 0 spiro atoms. The Morgan fingerprint density at radius 1 is 0.778 bits per heavy atom. The van der Waals surface area contributed by atoms with Crippen LogP contribution in [0.5, 0.6) is 5.75 Å². The maximum atomic E-state index is 5.84. The molecule has 0 aliphatic heterocycles. The van der Waals surface area contributed by atoms with Crippen LogP contribution in [0.15, 0.2) is 60.7 Å². The van der Waals surface area contributed by atoms with Crippen molar-refractivity contribution in [1.82, 2.24) is 4.98 Å². The number of aryl methyl sites for hydroxylation is 1. The summed E-state index contributed by atoms with van der Waals surface area (Å²) in [6, 6.07) is 20.7. The van der Waals surface area contributed by atoms with Gasteiger partial charge >= 0.3 is 0 Å². The zero-order valence-electron chi connectivity index (χ0n) is 16.3. The molecule has 3 nitrogen and oxygen atoms in total. The molecule has 0 radical (unpaired) electrons. The summed E-state index contributed by atoms with van der Waals surface area (Å²) in [6.07, 6.45) is 7.40. The van der Waals surface area contributed by atoms with Gasteiger partial charge in [-0.15, -0.1) is 0 Å². The van der Waals surface area contributed by atoms with Gasteiger partial charge in [0.2, 0.25) is 0 Å². The minimum atomic E-state index is 0.819. The fourth-order valence-corrected chi connectivity index (χ4v) is 3.22. The van der Waals surface area contributed by atoms with Gasteiger partial charge in [-0.25, -0.2) is 4.98 Å². The molecule has 142 valence electrons. The molecule has 27 heavy (non-hydrogen) atoms. The highest BCUT2D eigenvalue weighted by Crippen LogP contribution is 2.17. The molecule has 3 rings (SSSR count). The van der Waals surface area contributed by atoms with Crippen LogP contribution in [-0.2, 0) is 0 Å². The van der Waals surface area contributed by atoms with E-state index >= 15 is 0 Å². The van der Waals surface area contributed by atoms with E-state index in [9.17, 15) is 0 Å². The van der Waals surface area contributed by atoms with E-state index in [4.69, 9.17) is 4.74 Å². The predicted molar refractivity (Wildman–Crippen MR) is 115 cm³/mol. The predicted octanol–water partition coefficient (Wildman–Crippen LogP) is 6.37. The summed E-state index contributed by atoms with van der Waals surface area (Å²) in [5.41, 5.74) is 2.27. The Kier molecular flexibility index (Phi) is 7.52. The summed E-state index contributed by atoms with van der Waals surface area (Å²) in [7, 11) is 0. The van der Waals surface area contributed by atoms with Gasteiger partial charge in [0.15, 0.2) is 0 Å². The van der Waals surface area contributed by atoms with E-state index in [0.717, 1.165) is 36.7 Å². The summed E-state index contributed by atoms with van der Waals surface area (Å²) in [5.74, 6) is 1.99. The smallest absolute Gasteiger partial charge is 0.126 e. The molecule has 3 heteroatoms. The van der Waals surface area contributed by atoms with Crippen LogP contribution >= 0.6 is 0 Å². The van der Waals surface area contributed by atoms with Crippen LogP contribution in [0.1, 0.15) is 44.1 Å². The van der Waals surface area contributed by atoms with Crippen molar-refractivity contribution in [3.63, 3.8) is 0 Å². The number of nitrogens with zero attached hydrogens (tertiary/aromatic N) is 1. The number of rotatable bonds is 11. The van der Waals surface area contributed by atoms with Gasteiger partial charge < -0.3 is 10.1 Å². The first-order valence-electron chi connectivity index (χ1n) is 10.1. The molecule has 0 saturated heterocycles. The zero-order chi connectivity index (χ0) is 18.7. The molecule has 0 atom stereocenters. The molecular weight excluding hydrogens is 332 g/mol. The largest absolute Gasteiger partial charge is 0.493 e. The van der Waals surface area contributed by atoms with Crippen molar-refractivity contribution < 1.29 is 4.74 Å². The Balaban J connectivity index is 1.21. The molecule has 0 fully saturated rings. The van der Waals surface area contributed by atoms with Crippen LogP contribution in [-0.4, -0.2) is 18.1 Å². The average molecular weight is 363 g/mol. The minimum absolute atomic E-state index is 0.819. The third-order valence-corrected chi connectivity index (χ3v) is 4.83. The van der Waals surface area contributed by atoms with Gasteiger partial charge in [-0.3, -0.25) is 0 Å². The number of para-hydroxylation sites is 2. The Morgan fingerprint density at radius 3 is 2.41 bits per heavy atom. The van der Waals surface area contributed by atoms with Crippen LogP contribution in [0.3, 0.4) is 0 Å². The number of fused-ring (bicyclic) bond motifs is 1. The fourth-order valence-electron chi connectivity index (χ4n) is 3.22.